The Morgan fingerprint density at radius 3 is 2.41 bits per heavy atom. The van der Waals surface area contributed by atoms with Crippen molar-refractivity contribution in [3.8, 4) is 0 Å². The van der Waals surface area contributed by atoms with E-state index in [1.165, 1.54) is 5.56 Å². The Morgan fingerprint density at radius 2 is 1.78 bits per heavy atom. The van der Waals surface area contributed by atoms with Gasteiger partial charge in [0.25, 0.3) is 5.91 Å². The third kappa shape index (κ3) is 6.33. The number of rotatable bonds is 8. The molecule has 3 N–H and O–H groups in total. The topological polar surface area (TPSA) is 73.5 Å². The van der Waals surface area contributed by atoms with Gasteiger partial charge in [0.15, 0.2) is 0 Å². The first-order valence-corrected chi connectivity index (χ1v) is 9.17. The Morgan fingerprint density at radius 1 is 1.04 bits per heavy atom. The first-order valence-electron chi connectivity index (χ1n) is 9.17. The largest absolute Gasteiger partial charge is 0.370 e. The summed E-state index contributed by atoms with van der Waals surface area (Å²) in [5.74, 6) is -0.124. The van der Waals surface area contributed by atoms with E-state index in [4.69, 9.17) is 0 Å². The fourth-order valence-corrected chi connectivity index (χ4v) is 2.76. The molecule has 0 atom stereocenters. The number of carbonyl (C=O) groups is 2. The van der Waals surface area contributed by atoms with Crippen molar-refractivity contribution >= 4 is 17.6 Å². The molecule has 0 aliphatic carbocycles. The molecule has 144 valence electrons. The van der Waals surface area contributed by atoms with Crippen molar-refractivity contribution in [2.75, 3.05) is 31.6 Å². The second-order valence-corrected chi connectivity index (χ2v) is 6.30. The highest BCUT2D eigenvalue weighted by molar-refractivity contribution is 5.93. The summed E-state index contributed by atoms with van der Waals surface area (Å²) in [5.41, 5.74) is 3.92. The van der Waals surface area contributed by atoms with Crippen LogP contribution in [0.1, 0.15) is 28.4 Å². The summed E-state index contributed by atoms with van der Waals surface area (Å²) in [4.78, 5) is 25.7. The van der Waals surface area contributed by atoms with Gasteiger partial charge in [0.2, 0.25) is 0 Å². The zero-order valence-electron chi connectivity index (χ0n) is 16.2. The summed E-state index contributed by atoms with van der Waals surface area (Å²) >= 11 is 0. The minimum absolute atomic E-state index is 0.124. The number of carbonyl (C=O) groups excluding carboxylic acids is 2. The van der Waals surface area contributed by atoms with Crippen molar-refractivity contribution in [2.24, 2.45) is 0 Å². The first kappa shape index (κ1) is 20.3. The average molecular weight is 368 g/mol. The molecule has 0 spiro atoms. The van der Waals surface area contributed by atoms with Crippen LogP contribution in [0.5, 0.6) is 0 Å². The quantitative estimate of drug-likeness (QED) is 0.671. The number of likely N-dealkylation sites (N-methyl/N-ethyl adjacent to an activating group) is 1. The molecule has 2 aromatic rings. The molecule has 0 bridgehead atoms. The molecule has 3 amide bonds. The first-order chi connectivity index (χ1) is 13.0. The monoisotopic (exact) mass is 368 g/mol. The summed E-state index contributed by atoms with van der Waals surface area (Å²) in [6.45, 7) is 6.77. The maximum absolute atomic E-state index is 12.0. The van der Waals surface area contributed by atoms with Crippen LogP contribution in [-0.4, -0.2) is 38.6 Å². The zero-order valence-corrected chi connectivity index (χ0v) is 16.2. The van der Waals surface area contributed by atoms with Gasteiger partial charge in [0.05, 0.1) is 0 Å². The Labute approximate surface area is 161 Å². The third-order valence-corrected chi connectivity index (χ3v) is 4.31. The van der Waals surface area contributed by atoms with Gasteiger partial charge >= 0.3 is 6.03 Å². The third-order valence-electron chi connectivity index (χ3n) is 4.31. The van der Waals surface area contributed by atoms with Crippen molar-refractivity contribution in [1.82, 2.24) is 16.0 Å². The van der Waals surface area contributed by atoms with E-state index in [-0.39, 0.29) is 11.9 Å². The SMILES string of the molecule is CCN(CCNC(=O)NCc1ccc(C(=O)NC)cc1)c1cccc(C)c1. The van der Waals surface area contributed by atoms with Crippen LogP contribution in [0.4, 0.5) is 10.5 Å². The minimum Gasteiger partial charge on any atom is -0.370 e. The van der Waals surface area contributed by atoms with Crippen molar-refractivity contribution in [3.63, 3.8) is 0 Å². The maximum Gasteiger partial charge on any atom is 0.315 e. The lowest BCUT2D eigenvalue weighted by atomic mass is 10.1. The second-order valence-electron chi connectivity index (χ2n) is 6.30. The normalized spacial score (nSPS) is 10.2. The molecule has 0 aromatic heterocycles. The smallest absolute Gasteiger partial charge is 0.315 e. The van der Waals surface area contributed by atoms with Crippen LogP contribution in [-0.2, 0) is 6.54 Å². The van der Waals surface area contributed by atoms with Gasteiger partial charge in [-0.3, -0.25) is 4.79 Å². The average Bonchev–Trinajstić information content (AvgIpc) is 2.69. The van der Waals surface area contributed by atoms with E-state index < -0.39 is 0 Å². The van der Waals surface area contributed by atoms with Crippen LogP contribution in [0.2, 0.25) is 0 Å². The van der Waals surface area contributed by atoms with Gasteiger partial charge in [0, 0.05) is 44.5 Å². The second kappa shape index (κ2) is 10.2. The molecule has 0 aliphatic heterocycles. The van der Waals surface area contributed by atoms with Crippen LogP contribution < -0.4 is 20.9 Å². The van der Waals surface area contributed by atoms with Crippen molar-refractivity contribution in [1.29, 1.82) is 0 Å². The highest BCUT2D eigenvalue weighted by Gasteiger charge is 2.06. The summed E-state index contributed by atoms with van der Waals surface area (Å²) in [6, 6.07) is 15.3. The van der Waals surface area contributed by atoms with Gasteiger partial charge in [-0.05, 0) is 49.2 Å². The predicted molar refractivity (Wildman–Crippen MR) is 109 cm³/mol. The van der Waals surface area contributed by atoms with E-state index in [1.807, 2.05) is 18.2 Å². The van der Waals surface area contributed by atoms with E-state index in [0.29, 0.717) is 18.7 Å². The van der Waals surface area contributed by atoms with Crippen molar-refractivity contribution < 1.29 is 9.59 Å². The fraction of sp³-hybridized carbons (Fsp3) is 0.333. The predicted octanol–water partition coefficient (Wildman–Crippen LogP) is 2.68. The number of nitrogens with zero attached hydrogens (tertiary/aromatic N) is 1. The molecule has 6 heteroatoms. The molecule has 0 radical (unpaired) electrons. The summed E-state index contributed by atoms with van der Waals surface area (Å²) in [6.07, 6.45) is 0. The molecule has 6 nitrogen and oxygen atoms in total. The molecule has 27 heavy (non-hydrogen) atoms. The van der Waals surface area contributed by atoms with Gasteiger partial charge in [-0.2, -0.15) is 0 Å². The van der Waals surface area contributed by atoms with Crippen molar-refractivity contribution in [2.45, 2.75) is 20.4 Å². The Bertz CT molecular complexity index is 759. The number of hydrogen-bond donors (Lipinski definition) is 3. The summed E-state index contributed by atoms with van der Waals surface area (Å²) in [7, 11) is 1.60. The molecule has 0 heterocycles. The van der Waals surface area contributed by atoms with Crippen molar-refractivity contribution in [3.05, 3.63) is 65.2 Å². The Kier molecular flexibility index (Phi) is 7.67. The molecule has 2 rings (SSSR count). The number of aryl methyl sites for hydroxylation is 1. The molecular formula is C21H28N4O2. The number of anilines is 1. The van der Waals surface area contributed by atoms with Crippen LogP contribution in [0.15, 0.2) is 48.5 Å². The van der Waals surface area contributed by atoms with Gasteiger partial charge in [-0.25, -0.2) is 4.79 Å². The van der Waals surface area contributed by atoms with E-state index in [9.17, 15) is 9.59 Å². The number of hydrogen-bond acceptors (Lipinski definition) is 3. The minimum atomic E-state index is -0.203. The van der Waals surface area contributed by atoms with E-state index in [2.05, 4.69) is 52.9 Å². The Balaban J connectivity index is 1.75. The number of nitrogens with one attached hydrogen (secondary N) is 3. The van der Waals surface area contributed by atoms with Gasteiger partial charge in [-0.1, -0.05) is 24.3 Å². The lowest BCUT2D eigenvalue weighted by molar-refractivity contribution is 0.0963. The lowest BCUT2D eigenvalue weighted by Gasteiger charge is -2.23. The zero-order chi connectivity index (χ0) is 19.6. The van der Waals surface area contributed by atoms with Gasteiger partial charge in [-0.15, -0.1) is 0 Å². The molecule has 0 saturated heterocycles. The molecule has 2 aromatic carbocycles. The van der Waals surface area contributed by atoms with Gasteiger partial charge in [0.1, 0.15) is 0 Å². The number of benzene rings is 2. The van der Waals surface area contributed by atoms with Crippen LogP contribution >= 0.6 is 0 Å². The molecule has 0 unspecified atom stereocenters. The van der Waals surface area contributed by atoms with Gasteiger partial charge < -0.3 is 20.9 Å². The Hall–Kier alpha value is -3.02. The van der Waals surface area contributed by atoms with Crippen LogP contribution in [0.25, 0.3) is 0 Å². The summed E-state index contributed by atoms with van der Waals surface area (Å²) in [5, 5.41) is 8.30. The maximum atomic E-state index is 12.0. The molecule has 0 saturated carbocycles. The van der Waals surface area contributed by atoms with E-state index in [0.717, 1.165) is 24.3 Å². The standard InChI is InChI=1S/C21H28N4O2/c1-4-25(19-7-5-6-16(2)14-19)13-12-23-21(27)24-15-17-8-10-18(11-9-17)20(26)22-3/h5-11,14H,4,12-13,15H2,1-3H3,(H,22,26)(H2,23,24,27). The fourth-order valence-electron chi connectivity index (χ4n) is 2.76. The van der Waals surface area contributed by atoms with Crippen LogP contribution in [0, 0.1) is 6.92 Å². The number of urea groups is 1. The summed E-state index contributed by atoms with van der Waals surface area (Å²) < 4.78 is 0. The number of amides is 3. The molecular weight excluding hydrogens is 340 g/mol. The van der Waals surface area contributed by atoms with E-state index >= 15 is 0 Å². The molecule has 0 fully saturated rings. The lowest BCUT2D eigenvalue weighted by Crippen LogP contribution is -2.40. The van der Waals surface area contributed by atoms with Crippen LogP contribution in [0.3, 0.4) is 0 Å². The van der Waals surface area contributed by atoms with E-state index in [1.54, 1.807) is 19.2 Å². The highest BCUT2D eigenvalue weighted by Crippen LogP contribution is 2.14. The molecule has 0 aliphatic rings. The highest BCUT2D eigenvalue weighted by atomic mass is 16.2.